The number of anilines is 1. The van der Waals surface area contributed by atoms with E-state index in [4.69, 9.17) is 0 Å². The van der Waals surface area contributed by atoms with Gasteiger partial charge in [0.15, 0.2) is 0 Å². The summed E-state index contributed by atoms with van der Waals surface area (Å²) < 4.78 is 0. The van der Waals surface area contributed by atoms with Gasteiger partial charge in [-0.2, -0.15) is 0 Å². The van der Waals surface area contributed by atoms with Crippen LogP contribution in [0.2, 0.25) is 0 Å². The maximum Gasteiger partial charge on any atom is 0.229 e. The number of nitrogens with one attached hydrogen (secondary N) is 2. The lowest BCUT2D eigenvalue weighted by atomic mass is 9.95. The fraction of sp³-hybridized carbons (Fsp3) is 0.467. The molecule has 4 heteroatoms. The molecular weight excluding hydrogens is 238 g/mol. The van der Waals surface area contributed by atoms with Gasteiger partial charge in [-0.1, -0.05) is 20.8 Å². The van der Waals surface area contributed by atoms with E-state index in [2.05, 4.69) is 15.6 Å². The minimum atomic E-state index is -0.381. The second kappa shape index (κ2) is 5.43. The Balaban J connectivity index is 2.06. The molecule has 1 heterocycles. The molecule has 0 bridgehead atoms. The molecule has 4 nitrogen and oxygen atoms in total. The summed E-state index contributed by atoms with van der Waals surface area (Å²) in [7, 11) is 0. The highest BCUT2D eigenvalue weighted by Crippen LogP contribution is 2.18. The highest BCUT2D eigenvalue weighted by Gasteiger charge is 2.21. The van der Waals surface area contributed by atoms with Crippen molar-refractivity contribution in [3.05, 3.63) is 29.8 Å². The first kappa shape index (κ1) is 13.6. The quantitative estimate of drug-likeness (QED) is 0.857. The van der Waals surface area contributed by atoms with Gasteiger partial charge in [0.05, 0.1) is 0 Å². The van der Waals surface area contributed by atoms with E-state index in [-0.39, 0.29) is 11.3 Å². The van der Waals surface area contributed by atoms with Crippen molar-refractivity contribution >= 4 is 17.4 Å². The van der Waals surface area contributed by atoms with E-state index in [0.717, 1.165) is 36.6 Å². The summed E-state index contributed by atoms with van der Waals surface area (Å²) in [6.07, 6.45) is 1.09. The zero-order valence-electron chi connectivity index (χ0n) is 11.8. The van der Waals surface area contributed by atoms with Crippen LogP contribution in [0.5, 0.6) is 0 Å². The van der Waals surface area contributed by atoms with Gasteiger partial charge >= 0.3 is 0 Å². The van der Waals surface area contributed by atoms with E-state index in [1.807, 2.05) is 45.0 Å². The Bertz CT molecular complexity index is 483. The standard InChI is InChI=1S/C15H21N3O/c1-15(2,3)14(19)18-12-7-5-11(6-8-12)13-16-9-4-10-17-13/h5-8H,4,9-10H2,1-3H3,(H,16,17)(H,18,19). The number of nitrogens with zero attached hydrogens (tertiary/aromatic N) is 1. The zero-order chi connectivity index (χ0) is 13.9. The topological polar surface area (TPSA) is 53.5 Å². The van der Waals surface area contributed by atoms with Gasteiger partial charge in [0.1, 0.15) is 5.84 Å². The molecule has 0 unspecified atom stereocenters. The highest BCUT2D eigenvalue weighted by atomic mass is 16.2. The van der Waals surface area contributed by atoms with Crippen LogP contribution in [0.3, 0.4) is 0 Å². The molecule has 0 radical (unpaired) electrons. The number of carbonyl (C=O) groups excluding carboxylic acids is 1. The molecule has 0 spiro atoms. The lowest BCUT2D eigenvalue weighted by Gasteiger charge is -2.18. The SMILES string of the molecule is CC(C)(C)C(=O)Nc1ccc(C2=NCCCN2)cc1. The first-order valence-corrected chi connectivity index (χ1v) is 6.67. The molecule has 2 rings (SSSR count). The largest absolute Gasteiger partial charge is 0.370 e. The summed E-state index contributed by atoms with van der Waals surface area (Å²) >= 11 is 0. The van der Waals surface area contributed by atoms with Crippen molar-refractivity contribution in [3.63, 3.8) is 0 Å². The lowest BCUT2D eigenvalue weighted by Crippen LogP contribution is -2.30. The molecule has 0 saturated carbocycles. The molecule has 1 aromatic rings. The van der Waals surface area contributed by atoms with E-state index in [1.54, 1.807) is 0 Å². The average Bonchev–Trinajstić information content (AvgIpc) is 2.39. The van der Waals surface area contributed by atoms with Gasteiger partial charge in [-0.3, -0.25) is 9.79 Å². The fourth-order valence-corrected chi connectivity index (χ4v) is 1.76. The van der Waals surface area contributed by atoms with Crippen LogP contribution in [-0.4, -0.2) is 24.8 Å². The molecule has 2 N–H and O–H groups in total. The number of rotatable bonds is 2. The summed E-state index contributed by atoms with van der Waals surface area (Å²) in [5, 5.41) is 6.20. The Morgan fingerprint density at radius 3 is 2.47 bits per heavy atom. The smallest absolute Gasteiger partial charge is 0.229 e. The minimum Gasteiger partial charge on any atom is -0.370 e. The van der Waals surface area contributed by atoms with Gasteiger partial charge in [0.25, 0.3) is 0 Å². The van der Waals surface area contributed by atoms with Gasteiger partial charge < -0.3 is 10.6 Å². The van der Waals surface area contributed by atoms with Crippen molar-refractivity contribution in [2.24, 2.45) is 10.4 Å². The molecule has 0 saturated heterocycles. The van der Waals surface area contributed by atoms with Crippen molar-refractivity contribution in [2.75, 3.05) is 18.4 Å². The van der Waals surface area contributed by atoms with Crippen LogP contribution in [-0.2, 0) is 4.79 Å². The molecule has 0 aliphatic carbocycles. The second-order valence-corrected chi connectivity index (χ2v) is 5.79. The lowest BCUT2D eigenvalue weighted by molar-refractivity contribution is -0.123. The number of amides is 1. The van der Waals surface area contributed by atoms with Crippen LogP contribution in [0.25, 0.3) is 0 Å². The van der Waals surface area contributed by atoms with Crippen LogP contribution >= 0.6 is 0 Å². The van der Waals surface area contributed by atoms with Crippen molar-refractivity contribution in [2.45, 2.75) is 27.2 Å². The third-order valence-electron chi connectivity index (χ3n) is 2.99. The average molecular weight is 259 g/mol. The molecule has 1 amide bonds. The molecule has 102 valence electrons. The number of hydrogen-bond donors (Lipinski definition) is 2. The van der Waals surface area contributed by atoms with Gasteiger partial charge in [0.2, 0.25) is 5.91 Å². The van der Waals surface area contributed by atoms with Crippen LogP contribution in [0.15, 0.2) is 29.3 Å². The van der Waals surface area contributed by atoms with Gasteiger partial charge in [-0.15, -0.1) is 0 Å². The number of amidine groups is 1. The molecule has 0 fully saturated rings. The maximum absolute atomic E-state index is 11.9. The first-order chi connectivity index (χ1) is 8.97. The molecule has 0 atom stereocenters. The fourth-order valence-electron chi connectivity index (χ4n) is 1.76. The molecule has 1 aliphatic rings. The van der Waals surface area contributed by atoms with Gasteiger partial charge in [-0.25, -0.2) is 0 Å². The van der Waals surface area contributed by atoms with Crippen LogP contribution in [0, 0.1) is 5.41 Å². The maximum atomic E-state index is 11.9. The molecule has 1 aliphatic heterocycles. The first-order valence-electron chi connectivity index (χ1n) is 6.67. The van der Waals surface area contributed by atoms with Gasteiger partial charge in [0, 0.05) is 29.8 Å². The normalized spacial score (nSPS) is 15.4. The van der Waals surface area contributed by atoms with E-state index in [1.165, 1.54) is 0 Å². The summed E-state index contributed by atoms with van der Waals surface area (Å²) in [6, 6.07) is 7.79. The van der Waals surface area contributed by atoms with E-state index in [0.29, 0.717) is 0 Å². The summed E-state index contributed by atoms with van der Waals surface area (Å²) in [5.74, 6) is 0.966. The Morgan fingerprint density at radius 2 is 1.95 bits per heavy atom. The zero-order valence-corrected chi connectivity index (χ0v) is 11.8. The molecule has 19 heavy (non-hydrogen) atoms. The van der Waals surface area contributed by atoms with Crippen LogP contribution in [0.1, 0.15) is 32.8 Å². The molecule has 1 aromatic carbocycles. The number of hydrogen-bond acceptors (Lipinski definition) is 3. The Kier molecular flexibility index (Phi) is 3.88. The third-order valence-corrected chi connectivity index (χ3v) is 2.99. The van der Waals surface area contributed by atoms with Gasteiger partial charge in [-0.05, 0) is 30.7 Å². The van der Waals surface area contributed by atoms with Crippen molar-refractivity contribution in [3.8, 4) is 0 Å². The monoisotopic (exact) mass is 259 g/mol. The van der Waals surface area contributed by atoms with Crippen LogP contribution < -0.4 is 10.6 Å². The van der Waals surface area contributed by atoms with Crippen LogP contribution in [0.4, 0.5) is 5.69 Å². The number of carbonyl (C=O) groups is 1. The molecule has 0 aromatic heterocycles. The second-order valence-electron chi connectivity index (χ2n) is 5.79. The summed E-state index contributed by atoms with van der Waals surface area (Å²) in [4.78, 5) is 16.3. The Labute approximate surface area is 114 Å². The Morgan fingerprint density at radius 1 is 1.26 bits per heavy atom. The minimum absolute atomic E-state index is 0.0216. The van der Waals surface area contributed by atoms with E-state index < -0.39 is 0 Å². The van der Waals surface area contributed by atoms with Crippen molar-refractivity contribution in [1.29, 1.82) is 0 Å². The van der Waals surface area contributed by atoms with Crippen molar-refractivity contribution < 1.29 is 4.79 Å². The predicted octanol–water partition coefficient (Wildman–Crippen LogP) is 2.41. The predicted molar refractivity (Wildman–Crippen MR) is 78.6 cm³/mol. The van der Waals surface area contributed by atoms with Crippen molar-refractivity contribution in [1.82, 2.24) is 5.32 Å². The number of benzene rings is 1. The van der Waals surface area contributed by atoms with E-state index >= 15 is 0 Å². The third kappa shape index (κ3) is 3.56. The summed E-state index contributed by atoms with van der Waals surface area (Å²) in [5.41, 5.74) is 1.50. The van der Waals surface area contributed by atoms with E-state index in [9.17, 15) is 4.79 Å². The highest BCUT2D eigenvalue weighted by molar-refractivity contribution is 6.00. The number of aliphatic imine (C=N–C) groups is 1. The Hall–Kier alpha value is -1.84. The summed E-state index contributed by atoms with van der Waals surface area (Å²) in [6.45, 7) is 7.55. The molecular formula is C15H21N3O.